The van der Waals surface area contributed by atoms with E-state index in [1.165, 1.54) is 12.1 Å². The Labute approximate surface area is 168 Å². The van der Waals surface area contributed by atoms with Crippen LogP contribution in [0.3, 0.4) is 0 Å². The zero-order valence-corrected chi connectivity index (χ0v) is 18.0. The molecular formula is C19H23IN2O3S. The molecular weight excluding hydrogens is 463 g/mol. The first-order valence-corrected chi connectivity index (χ1v) is 11.0. The summed E-state index contributed by atoms with van der Waals surface area (Å²) in [6.07, 6.45) is 1.49. The normalized spacial score (nSPS) is 11.4. The van der Waals surface area contributed by atoms with Crippen molar-refractivity contribution < 1.29 is 13.2 Å². The summed E-state index contributed by atoms with van der Waals surface area (Å²) >= 11 is 2.09. The number of hydrogen-bond donors (Lipinski definition) is 2. The summed E-state index contributed by atoms with van der Waals surface area (Å²) in [5.74, 6) is -0.173. The highest BCUT2D eigenvalue weighted by Crippen LogP contribution is 2.24. The van der Waals surface area contributed by atoms with Gasteiger partial charge in [-0.1, -0.05) is 26.0 Å². The number of anilines is 2. The largest absolute Gasteiger partial charge is 0.326 e. The van der Waals surface area contributed by atoms with Crippen LogP contribution in [0, 0.1) is 16.4 Å². The second-order valence-electron chi connectivity index (χ2n) is 6.12. The topological polar surface area (TPSA) is 75.3 Å². The van der Waals surface area contributed by atoms with Crippen LogP contribution in [0.4, 0.5) is 11.4 Å². The van der Waals surface area contributed by atoms with Gasteiger partial charge in [0, 0.05) is 15.2 Å². The first-order valence-electron chi connectivity index (χ1n) is 8.46. The molecule has 0 aliphatic heterocycles. The van der Waals surface area contributed by atoms with Gasteiger partial charge < -0.3 is 5.32 Å². The van der Waals surface area contributed by atoms with E-state index in [1.54, 1.807) is 18.2 Å². The van der Waals surface area contributed by atoms with Crippen molar-refractivity contribution in [1.82, 2.24) is 0 Å². The van der Waals surface area contributed by atoms with Gasteiger partial charge in [0.25, 0.3) is 10.0 Å². The van der Waals surface area contributed by atoms with E-state index in [4.69, 9.17) is 0 Å². The Balaban J connectivity index is 2.25. The van der Waals surface area contributed by atoms with Gasteiger partial charge in [0.2, 0.25) is 5.91 Å². The minimum atomic E-state index is -3.75. The maximum Gasteiger partial charge on any atom is 0.262 e. The fraction of sp³-hybridized carbons (Fsp3) is 0.316. The van der Waals surface area contributed by atoms with E-state index in [-0.39, 0.29) is 16.7 Å². The van der Waals surface area contributed by atoms with Gasteiger partial charge >= 0.3 is 0 Å². The van der Waals surface area contributed by atoms with Crippen molar-refractivity contribution >= 4 is 49.9 Å². The molecule has 2 aromatic carbocycles. The quantitative estimate of drug-likeness (QED) is 0.554. The molecule has 0 saturated carbocycles. The molecule has 26 heavy (non-hydrogen) atoms. The molecule has 0 aromatic heterocycles. The van der Waals surface area contributed by atoms with Crippen LogP contribution in [-0.2, 0) is 14.8 Å². The summed E-state index contributed by atoms with van der Waals surface area (Å²) < 4.78 is 28.9. The van der Waals surface area contributed by atoms with Crippen LogP contribution < -0.4 is 10.0 Å². The standard InChI is InChI=1S/C19H23IN2O3S/c1-4-14(5-2)19(23)21-15-7-6-8-16(12-15)26(24,25)22-18-11-13(3)9-10-17(18)20/h6-12,14,22H,4-5H2,1-3H3,(H,21,23). The second-order valence-corrected chi connectivity index (χ2v) is 8.96. The minimum Gasteiger partial charge on any atom is -0.326 e. The van der Waals surface area contributed by atoms with Gasteiger partial charge in [0.1, 0.15) is 0 Å². The van der Waals surface area contributed by atoms with Crippen LogP contribution >= 0.6 is 22.6 Å². The molecule has 2 N–H and O–H groups in total. The Bertz CT molecular complexity index is 893. The number of aryl methyl sites for hydroxylation is 1. The molecule has 0 bridgehead atoms. The van der Waals surface area contributed by atoms with Gasteiger partial charge in [-0.05, 0) is 78.3 Å². The number of amides is 1. The molecule has 0 aliphatic rings. The smallest absolute Gasteiger partial charge is 0.262 e. The Morgan fingerprint density at radius 2 is 1.81 bits per heavy atom. The Morgan fingerprint density at radius 3 is 2.46 bits per heavy atom. The Hall–Kier alpha value is -1.61. The van der Waals surface area contributed by atoms with E-state index in [0.29, 0.717) is 11.4 Å². The van der Waals surface area contributed by atoms with Crippen LogP contribution in [-0.4, -0.2) is 14.3 Å². The van der Waals surface area contributed by atoms with Crippen molar-refractivity contribution in [1.29, 1.82) is 0 Å². The predicted molar refractivity (Wildman–Crippen MR) is 114 cm³/mol. The Morgan fingerprint density at radius 1 is 1.12 bits per heavy atom. The van der Waals surface area contributed by atoms with E-state index in [2.05, 4.69) is 32.6 Å². The lowest BCUT2D eigenvalue weighted by atomic mass is 10.0. The number of benzene rings is 2. The molecule has 2 aromatic rings. The van der Waals surface area contributed by atoms with Gasteiger partial charge in [-0.15, -0.1) is 0 Å². The lowest BCUT2D eigenvalue weighted by molar-refractivity contribution is -0.120. The molecule has 1 amide bonds. The monoisotopic (exact) mass is 486 g/mol. The molecule has 0 fully saturated rings. The summed E-state index contributed by atoms with van der Waals surface area (Å²) in [6.45, 7) is 5.83. The van der Waals surface area contributed by atoms with Crippen molar-refractivity contribution in [3.8, 4) is 0 Å². The zero-order valence-electron chi connectivity index (χ0n) is 15.0. The third-order valence-corrected chi connectivity index (χ3v) is 6.44. The molecule has 0 saturated heterocycles. The van der Waals surface area contributed by atoms with Crippen LogP contribution in [0.15, 0.2) is 47.4 Å². The molecule has 140 valence electrons. The number of sulfonamides is 1. The number of halogens is 1. The summed E-state index contributed by atoms with van der Waals surface area (Å²) in [6, 6.07) is 11.9. The summed E-state index contributed by atoms with van der Waals surface area (Å²) in [4.78, 5) is 12.3. The Kier molecular flexibility index (Phi) is 7.05. The highest BCUT2D eigenvalue weighted by molar-refractivity contribution is 14.1. The summed E-state index contributed by atoms with van der Waals surface area (Å²) in [5, 5.41) is 2.81. The number of carbonyl (C=O) groups excluding carboxylic acids is 1. The lowest BCUT2D eigenvalue weighted by Gasteiger charge is -2.14. The van der Waals surface area contributed by atoms with Gasteiger partial charge in [0.15, 0.2) is 0 Å². The fourth-order valence-corrected chi connectivity index (χ4v) is 4.34. The number of nitrogens with one attached hydrogen (secondary N) is 2. The lowest BCUT2D eigenvalue weighted by Crippen LogP contribution is -2.22. The first kappa shape index (κ1) is 20.7. The molecule has 0 heterocycles. The van der Waals surface area contributed by atoms with E-state index in [0.717, 1.165) is 22.0 Å². The first-order chi connectivity index (χ1) is 12.3. The molecule has 0 radical (unpaired) electrons. The molecule has 0 spiro atoms. The van der Waals surface area contributed by atoms with Crippen molar-refractivity contribution in [2.75, 3.05) is 10.0 Å². The van der Waals surface area contributed by atoms with E-state index in [1.807, 2.05) is 32.9 Å². The molecule has 7 heteroatoms. The predicted octanol–water partition coefficient (Wildman–Crippen LogP) is 4.78. The SMILES string of the molecule is CCC(CC)C(=O)Nc1cccc(S(=O)(=O)Nc2cc(C)ccc2I)c1. The number of carbonyl (C=O) groups is 1. The van der Waals surface area contributed by atoms with Crippen LogP contribution in [0.2, 0.25) is 0 Å². The molecule has 5 nitrogen and oxygen atoms in total. The maximum absolute atomic E-state index is 12.7. The van der Waals surface area contributed by atoms with Crippen molar-refractivity contribution in [2.24, 2.45) is 5.92 Å². The van der Waals surface area contributed by atoms with Crippen molar-refractivity contribution in [2.45, 2.75) is 38.5 Å². The van der Waals surface area contributed by atoms with Crippen LogP contribution in [0.1, 0.15) is 32.3 Å². The van der Waals surface area contributed by atoms with Gasteiger partial charge in [-0.2, -0.15) is 0 Å². The van der Waals surface area contributed by atoms with Crippen LogP contribution in [0.5, 0.6) is 0 Å². The van der Waals surface area contributed by atoms with E-state index >= 15 is 0 Å². The molecule has 0 atom stereocenters. The second kappa shape index (κ2) is 8.85. The third kappa shape index (κ3) is 5.20. The summed E-state index contributed by atoms with van der Waals surface area (Å²) in [5.41, 5.74) is 1.98. The minimum absolute atomic E-state index is 0.0812. The molecule has 2 rings (SSSR count). The summed E-state index contributed by atoms with van der Waals surface area (Å²) in [7, 11) is -3.75. The molecule has 0 unspecified atom stereocenters. The van der Waals surface area contributed by atoms with E-state index in [9.17, 15) is 13.2 Å². The number of rotatable bonds is 7. The maximum atomic E-state index is 12.7. The highest BCUT2D eigenvalue weighted by Gasteiger charge is 2.18. The molecule has 0 aliphatic carbocycles. The van der Waals surface area contributed by atoms with Gasteiger partial charge in [-0.3, -0.25) is 9.52 Å². The highest BCUT2D eigenvalue weighted by atomic mass is 127. The third-order valence-electron chi connectivity index (χ3n) is 4.13. The zero-order chi connectivity index (χ0) is 19.3. The fourth-order valence-electron chi connectivity index (χ4n) is 2.57. The van der Waals surface area contributed by atoms with Gasteiger partial charge in [0.05, 0.1) is 10.6 Å². The average Bonchev–Trinajstić information content (AvgIpc) is 2.59. The van der Waals surface area contributed by atoms with Gasteiger partial charge in [-0.25, -0.2) is 8.42 Å². The van der Waals surface area contributed by atoms with Crippen LogP contribution in [0.25, 0.3) is 0 Å². The van der Waals surface area contributed by atoms with Crippen molar-refractivity contribution in [3.63, 3.8) is 0 Å². The number of hydrogen-bond acceptors (Lipinski definition) is 3. The van der Waals surface area contributed by atoms with E-state index < -0.39 is 10.0 Å². The van der Waals surface area contributed by atoms with Crippen molar-refractivity contribution in [3.05, 3.63) is 51.6 Å². The average molecular weight is 486 g/mol.